The number of anilines is 1. The summed E-state index contributed by atoms with van der Waals surface area (Å²) >= 11 is 0. The molecule has 1 atom stereocenters. The number of amides is 2. The lowest BCUT2D eigenvalue weighted by atomic mass is 10.1. The van der Waals surface area contributed by atoms with Crippen molar-refractivity contribution in [2.75, 3.05) is 32.2 Å². The molecule has 0 spiro atoms. The summed E-state index contributed by atoms with van der Waals surface area (Å²) in [6.45, 7) is 16.8. The Hall–Kier alpha value is -2.62. The van der Waals surface area contributed by atoms with Gasteiger partial charge in [-0.15, -0.1) is 9.60 Å². The largest absolute Gasteiger partial charge is 0.380 e. The Labute approximate surface area is 230 Å². The Morgan fingerprint density at radius 1 is 1.03 bits per heavy atom. The number of hydrogen-bond acceptors (Lipinski definition) is 7. The van der Waals surface area contributed by atoms with Crippen LogP contribution in [-0.4, -0.2) is 61.7 Å². The summed E-state index contributed by atoms with van der Waals surface area (Å²) in [6.07, 6.45) is 6.27. The lowest BCUT2D eigenvalue weighted by Gasteiger charge is -2.28. The summed E-state index contributed by atoms with van der Waals surface area (Å²) in [4.78, 5) is 32.6. The lowest BCUT2D eigenvalue weighted by molar-refractivity contribution is -0.134. The van der Waals surface area contributed by atoms with Crippen molar-refractivity contribution in [2.45, 2.75) is 87.4 Å². The van der Waals surface area contributed by atoms with Crippen LogP contribution in [0.25, 0.3) is 0 Å². The van der Waals surface area contributed by atoms with Crippen LogP contribution >= 0.6 is 0 Å². The van der Waals surface area contributed by atoms with Gasteiger partial charge in [0.15, 0.2) is 0 Å². The van der Waals surface area contributed by atoms with Crippen LogP contribution in [-0.2, 0) is 25.7 Å². The predicted molar refractivity (Wildman–Crippen MR) is 156 cm³/mol. The molecule has 1 aromatic rings. The summed E-state index contributed by atoms with van der Waals surface area (Å²) in [5.74, 6) is -0.218. The molecule has 1 rings (SSSR count). The topological polar surface area (TPSA) is 91.0 Å². The van der Waals surface area contributed by atoms with Crippen molar-refractivity contribution < 1.29 is 23.6 Å². The standard InChI is InChI=1S/C23H37FN4O3.C2H4O.2C2H6/c1-5-9-22(30)27(18-29)15-8-6-7-14-25-23(19(2)3)28(24)17-26-21-12-10-20(11-13-21)16-31-4;1-2-3;2*1-2/h5,9-13,18-19,23,25-26H,6-8,14-17H2,1-4H3;2H,1H3;2*1-2H3/b9-5-;;;. The van der Waals surface area contributed by atoms with Crippen LogP contribution in [0.1, 0.15) is 80.2 Å². The summed E-state index contributed by atoms with van der Waals surface area (Å²) in [6, 6.07) is 7.71. The highest BCUT2D eigenvalue weighted by Gasteiger charge is 2.21. The van der Waals surface area contributed by atoms with Gasteiger partial charge in [0.1, 0.15) is 6.29 Å². The molecule has 2 N–H and O–H groups in total. The molecule has 1 unspecified atom stereocenters. The lowest BCUT2D eigenvalue weighted by Crippen LogP contribution is -2.47. The molecule has 9 heteroatoms. The Kier molecular flexibility index (Phi) is 30.4. The number of benzene rings is 1. The molecule has 38 heavy (non-hydrogen) atoms. The summed E-state index contributed by atoms with van der Waals surface area (Å²) in [7, 11) is 1.65. The molecule has 2 amide bonds. The number of carbonyl (C=O) groups is 3. The van der Waals surface area contributed by atoms with E-state index in [1.54, 1.807) is 20.1 Å². The van der Waals surface area contributed by atoms with E-state index in [0.29, 0.717) is 26.1 Å². The van der Waals surface area contributed by atoms with Crippen molar-refractivity contribution in [2.24, 2.45) is 5.92 Å². The molecule has 0 aromatic heterocycles. The van der Waals surface area contributed by atoms with E-state index in [2.05, 4.69) is 10.6 Å². The zero-order valence-corrected chi connectivity index (χ0v) is 25.1. The van der Waals surface area contributed by atoms with Gasteiger partial charge in [-0.1, -0.05) is 66.2 Å². The van der Waals surface area contributed by atoms with Gasteiger partial charge in [0.2, 0.25) is 6.41 Å². The minimum Gasteiger partial charge on any atom is -0.380 e. The van der Waals surface area contributed by atoms with Crippen molar-refractivity contribution in [3.8, 4) is 0 Å². The van der Waals surface area contributed by atoms with Crippen molar-refractivity contribution in [1.29, 1.82) is 0 Å². The average Bonchev–Trinajstić information content (AvgIpc) is 2.92. The molecule has 0 saturated heterocycles. The van der Waals surface area contributed by atoms with Gasteiger partial charge >= 0.3 is 0 Å². The first-order valence-corrected chi connectivity index (χ1v) is 13.6. The second-order valence-electron chi connectivity index (χ2n) is 7.94. The third-order valence-corrected chi connectivity index (χ3v) is 4.78. The van der Waals surface area contributed by atoms with Crippen LogP contribution in [0, 0.1) is 5.92 Å². The first-order valence-electron chi connectivity index (χ1n) is 13.6. The fraction of sp³-hybridized carbons (Fsp3) is 0.621. The summed E-state index contributed by atoms with van der Waals surface area (Å²) in [5, 5.41) is 7.13. The minimum atomic E-state index is -0.414. The van der Waals surface area contributed by atoms with Gasteiger partial charge in [0.05, 0.1) is 19.4 Å². The zero-order valence-electron chi connectivity index (χ0n) is 25.1. The molecule has 0 aliphatic carbocycles. The van der Waals surface area contributed by atoms with Gasteiger partial charge in [0.25, 0.3) is 5.91 Å². The van der Waals surface area contributed by atoms with Crippen molar-refractivity contribution in [3.05, 3.63) is 42.0 Å². The normalized spacial score (nSPS) is 10.8. The zero-order chi connectivity index (χ0) is 29.8. The maximum Gasteiger partial charge on any atom is 0.252 e. The number of nitrogens with zero attached hydrogens (tertiary/aromatic N) is 2. The molecule has 0 fully saturated rings. The van der Waals surface area contributed by atoms with Crippen LogP contribution < -0.4 is 10.6 Å². The van der Waals surface area contributed by atoms with Crippen LogP contribution in [0.5, 0.6) is 0 Å². The summed E-state index contributed by atoms with van der Waals surface area (Å²) in [5.41, 5.74) is 1.91. The van der Waals surface area contributed by atoms with E-state index >= 15 is 0 Å². The Morgan fingerprint density at radius 3 is 2.08 bits per heavy atom. The first-order chi connectivity index (χ1) is 18.3. The Balaban J connectivity index is -0.00000159. The number of carbonyl (C=O) groups excluding carboxylic acids is 3. The summed E-state index contributed by atoms with van der Waals surface area (Å²) < 4.78 is 19.8. The van der Waals surface area contributed by atoms with E-state index < -0.39 is 6.17 Å². The number of aldehydes is 1. The van der Waals surface area contributed by atoms with Crippen molar-refractivity contribution in [3.63, 3.8) is 0 Å². The molecule has 0 saturated carbocycles. The number of imide groups is 1. The van der Waals surface area contributed by atoms with E-state index in [1.807, 2.05) is 65.8 Å². The third kappa shape index (κ3) is 20.4. The average molecular weight is 541 g/mol. The van der Waals surface area contributed by atoms with Gasteiger partial charge < -0.3 is 14.8 Å². The fourth-order valence-corrected chi connectivity index (χ4v) is 3.10. The van der Waals surface area contributed by atoms with Crippen LogP contribution in [0.3, 0.4) is 0 Å². The van der Waals surface area contributed by atoms with Crippen LogP contribution in [0.2, 0.25) is 0 Å². The third-order valence-electron chi connectivity index (χ3n) is 4.78. The molecular weight excluding hydrogens is 487 g/mol. The molecule has 1 aromatic carbocycles. The number of allylic oxidation sites excluding steroid dienone is 1. The monoisotopic (exact) mass is 540 g/mol. The van der Waals surface area contributed by atoms with E-state index in [1.165, 1.54) is 17.9 Å². The minimum absolute atomic E-state index is 0.0703. The molecule has 8 nitrogen and oxygen atoms in total. The number of ether oxygens (including phenoxy) is 1. The maximum atomic E-state index is 14.7. The molecule has 0 radical (unpaired) electrons. The smallest absolute Gasteiger partial charge is 0.252 e. The van der Waals surface area contributed by atoms with Crippen molar-refractivity contribution >= 4 is 24.3 Å². The van der Waals surface area contributed by atoms with E-state index in [4.69, 9.17) is 9.53 Å². The van der Waals surface area contributed by atoms with Gasteiger partial charge in [-0.25, -0.2) is 0 Å². The number of methoxy groups -OCH3 is 1. The molecule has 0 aliphatic rings. The van der Waals surface area contributed by atoms with Gasteiger partial charge in [-0.3, -0.25) is 19.8 Å². The Morgan fingerprint density at radius 2 is 1.61 bits per heavy atom. The maximum absolute atomic E-state index is 14.7. The number of hydrogen-bond donors (Lipinski definition) is 2. The predicted octanol–water partition coefficient (Wildman–Crippen LogP) is 5.95. The molecule has 220 valence electrons. The van der Waals surface area contributed by atoms with Crippen LogP contribution in [0.4, 0.5) is 10.2 Å². The first kappa shape index (κ1) is 39.9. The fourth-order valence-electron chi connectivity index (χ4n) is 3.10. The van der Waals surface area contributed by atoms with E-state index in [-0.39, 0.29) is 18.5 Å². The second kappa shape index (κ2) is 28.9. The van der Waals surface area contributed by atoms with E-state index in [0.717, 1.165) is 41.9 Å². The molecule has 0 bridgehead atoms. The second-order valence-corrected chi connectivity index (χ2v) is 7.94. The number of rotatable bonds is 16. The van der Waals surface area contributed by atoms with Gasteiger partial charge in [0, 0.05) is 19.3 Å². The molecular formula is C29H53FN4O4. The molecule has 0 heterocycles. The highest BCUT2D eigenvalue weighted by atomic mass is 19.2. The highest BCUT2D eigenvalue weighted by molar-refractivity contribution is 5.94. The number of unbranched alkanes of at least 4 members (excludes halogenated alkanes) is 2. The van der Waals surface area contributed by atoms with Gasteiger partial charge in [-0.2, -0.15) is 0 Å². The number of halogens is 1. The quantitative estimate of drug-likeness (QED) is 0.0880. The number of nitrogens with one attached hydrogen (secondary N) is 2. The highest BCUT2D eigenvalue weighted by Crippen LogP contribution is 2.13. The van der Waals surface area contributed by atoms with Crippen molar-refractivity contribution in [1.82, 2.24) is 15.3 Å². The van der Waals surface area contributed by atoms with Crippen LogP contribution in [0.15, 0.2) is 36.4 Å². The van der Waals surface area contributed by atoms with E-state index in [9.17, 15) is 14.1 Å². The molecule has 0 aliphatic heterocycles. The van der Waals surface area contributed by atoms with Gasteiger partial charge in [-0.05, 0) is 62.9 Å². The Bertz CT molecular complexity index is 715. The SMILES string of the molecule is C/C=C\C(=O)N(C=O)CCCCCNC(C(C)C)N(F)CNc1ccc(COC)cc1.CC.CC.CC=O.